The molecule has 0 spiro atoms. The van der Waals surface area contributed by atoms with E-state index in [1.54, 1.807) is 43.3 Å². The lowest BCUT2D eigenvalue weighted by Gasteiger charge is -2.19. The van der Waals surface area contributed by atoms with Crippen molar-refractivity contribution in [2.45, 2.75) is 13.5 Å². The van der Waals surface area contributed by atoms with Crippen molar-refractivity contribution < 1.29 is 14.3 Å². The van der Waals surface area contributed by atoms with E-state index in [1.807, 2.05) is 41.3 Å². The van der Waals surface area contributed by atoms with Gasteiger partial charge in [-0.25, -0.2) is 9.59 Å². The number of aliphatic imine (C=N–C) groups is 1. The van der Waals surface area contributed by atoms with Crippen LogP contribution in [0.1, 0.15) is 28.4 Å². The molecule has 2 amide bonds. The van der Waals surface area contributed by atoms with E-state index >= 15 is 0 Å². The Morgan fingerprint density at radius 1 is 1.06 bits per heavy atom. The van der Waals surface area contributed by atoms with E-state index in [4.69, 9.17) is 16.3 Å². The SMILES string of the molecule is CCOC(=O)c1ccc(N2Cc3ccccc3/C2=N\C(=O)Nc2cccc(Cl)c2)cc1. The van der Waals surface area contributed by atoms with Gasteiger partial charge in [-0.05, 0) is 55.0 Å². The molecular formula is C24H20ClN3O3. The van der Waals surface area contributed by atoms with E-state index in [2.05, 4.69) is 10.3 Å². The summed E-state index contributed by atoms with van der Waals surface area (Å²) in [4.78, 5) is 30.9. The first kappa shape index (κ1) is 20.6. The van der Waals surface area contributed by atoms with E-state index in [0.717, 1.165) is 16.8 Å². The van der Waals surface area contributed by atoms with Crippen molar-refractivity contribution in [1.82, 2.24) is 0 Å². The molecule has 4 rings (SSSR count). The Hall–Kier alpha value is -3.64. The standard InChI is InChI=1S/C24H20ClN3O3/c1-2-31-23(29)16-10-12-20(13-11-16)28-15-17-6-3-4-9-21(17)22(28)27-24(30)26-19-8-5-7-18(25)14-19/h3-14H,2,15H2,1H3,(H,26,30)/b27-22+. The number of nitrogens with zero attached hydrogens (tertiary/aromatic N) is 2. The molecule has 1 aliphatic heterocycles. The molecular weight excluding hydrogens is 414 g/mol. The van der Waals surface area contributed by atoms with Gasteiger partial charge in [0.1, 0.15) is 5.84 Å². The van der Waals surface area contributed by atoms with Gasteiger partial charge in [-0.2, -0.15) is 4.99 Å². The fraction of sp³-hybridized carbons (Fsp3) is 0.125. The largest absolute Gasteiger partial charge is 0.462 e. The predicted molar refractivity (Wildman–Crippen MR) is 122 cm³/mol. The fourth-order valence-electron chi connectivity index (χ4n) is 3.41. The molecule has 156 valence electrons. The minimum Gasteiger partial charge on any atom is -0.462 e. The molecule has 0 fully saturated rings. The highest BCUT2D eigenvalue weighted by Crippen LogP contribution is 2.29. The highest BCUT2D eigenvalue weighted by Gasteiger charge is 2.27. The first-order valence-corrected chi connectivity index (χ1v) is 10.2. The van der Waals surface area contributed by atoms with Gasteiger partial charge in [-0.1, -0.05) is 41.9 Å². The molecule has 0 saturated heterocycles. The van der Waals surface area contributed by atoms with Crippen LogP contribution in [-0.2, 0) is 11.3 Å². The second kappa shape index (κ2) is 9.02. The van der Waals surface area contributed by atoms with Crippen molar-refractivity contribution in [3.05, 3.63) is 94.5 Å². The predicted octanol–water partition coefficient (Wildman–Crippen LogP) is 5.52. The lowest BCUT2D eigenvalue weighted by atomic mass is 10.1. The van der Waals surface area contributed by atoms with Crippen molar-refractivity contribution in [2.24, 2.45) is 4.99 Å². The first-order chi connectivity index (χ1) is 15.0. The summed E-state index contributed by atoms with van der Waals surface area (Å²) in [5, 5.41) is 3.28. The topological polar surface area (TPSA) is 71.0 Å². The van der Waals surface area contributed by atoms with E-state index in [1.165, 1.54) is 0 Å². The number of halogens is 1. The number of amidine groups is 1. The maximum absolute atomic E-state index is 12.7. The summed E-state index contributed by atoms with van der Waals surface area (Å²) < 4.78 is 5.04. The third kappa shape index (κ3) is 4.59. The van der Waals surface area contributed by atoms with Crippen LogP contribution in [0.15, 0.2) is 77.8 Å². The Kier molecular flexibility index (Phi) is 6.00. The number of fused-ring (bicyclic) bond motifs is 1. The van der Waals surface area contributed by atoms with Crippen molar-refractivity contribution >= 4 is 40.8 Å². The van der Waals surface area contributed by atoms with Crippen LogP contribution in [0.3, 0.4) is 0 Å². The smallest absolute Gasteiger partial charge is 0.347 e. The number of hydrogen-bond donors (Lipinski definition) is 1. The van der Waals surface area contributed by atoms with Crippen LogP contribution in [0.5, 0.6) is 0 Å². The first-order valence-electron chi connectivity index (χ1n) is 9.83. The van der Waals surface area contributed by atoms with Crippen LogP contribution in [0, 0.1) is 0 Å². The zero-order valence-corrected chi connectivity index (χ0v) is 17.6. The number of urea groups is 1. The lowest BCUT2D eigenvalue weighted by Crippen LogP contribution is -2.26. The third-order valence-corrected chi connectivity index (χ3v) is 5.05. The molecule has 1 aliphatic rings. The van der Waals surface area contributed by atoms with E-state index in [0.29, 0.717) is 35.3 Å². The zero-order valence-electron chi connectivity index (χ0n) is 16.8. The summed E-state index contributed by atoms with van der Waals surface area (Å²) in [5.41, 5.74) is 3.81. The summed E-state index contributed by atoms with van der Waals surface area (Å²) >= 11 is 6.00. The highest BCUT2D eigenvalue weighted by atomic mass is 35.5. The number of anilines is 2. The molecule has 3 aromatic rings. The molecule has 0 unspecified atom stereocenters. The summed E-state index contributed by atoms with van der Waals surface area (Å²) in [7, 11) is 0. The summed E-state index contributed by atoms with van der Waals surface area (Å²) in [5.74, 6) is 0.174. The Morgan fingerprint density at radius 2 is 1.84 bits per heavy atom. The zero-order chi connectivity index (χ0) is 21.8. The molecule has 0 radical (unpaired) electrons. The van der Waals surface area contributed by atoms with Gasteiger partial charge in [0.2, 0.25) is 0 Å². The van der Waals surface area contributed by atoms with Gasteiger partial charge in [-0.15, -0.1) is 0 Å². The highest BCUT2D eigenvalue weighted by molar-refractivity contribution is 6.31. The molecule has 7 heteroatoms. The van der Waals surface area contributed by atoms with Crippen LogP contribution < -0.4 is 10.2 Å². The lowest BCUT2D eigenvalue weighted by molar-refractivity contribution is 0.0526. The van der Waals surface area contributed by atoms with Gasteiger partial charge in [0.15, 0.2) is 0 Å². The van der Waals surface area contributed by atoms with Crippen LogP contribution in [0.2, 0.25) is 5.02 Å². The second-order valence-corrected chi connectivity index (χ2v) is 7.32. The Labute approximate surface area is 185 Å². The molecule has 0 atom stereocenters. The average Bonchev–Trinajstić information content (AvgIpc) is 3.12. The Balaban J connectivity index is 1.63. The number of ether oxygens (including phenoxy) is 1. The van der Waals surface area contributed by atoms with Gasteiger partial charge in [0, 0.05) is 22.0 Å². The minimum absolute atomic E-state index is 0.320. The number of esters is 1. The number of hydrogen-bond acceptors (Lipinski definition) is 3. The van der Waals surface area contributed by atoms with Crippen LogP contribution in [0.4, 0.5) is 16.2 Å². The Morgan fingerprint density at radius 3 is 2.58 bits per heavy atom. The maximum atomic E-state index is 12.7. The average molecular weight is 434 g/mol. The number of nitrogens with one attached hydrogen (secondary N) is 1. The number of rotatable bonds is 4. The molecule has 3 aromatic carbocycles. The van der Waals surface area contributed by atoms with E-state index in [-0.39, 0.29) is 5.97 Å². The molecule has 1 N–H and O–H groups in total. The van der Waals surface area contributed by atoms with Crippen molar-refractivity contribution in [2.75, 3.05) is 16.8 Å². The van der Waals surface area contributed by atoms with Crippen molar-refractivity contribution in [3.8, 4) is 0 Å². The minimum atomic E-state index is -0.498. The van der Waals surface area contributed by atoms with Crippen molar-refractivity contribution in [3.63, 3.8) is 0 Å². The van der Waals surface area contributed by atoms with Crippen molar-refractivity contribution in [1.29, 1.82) is 0 Å². The fourth-order valence-corrected chi connectivity index (χ4v) is 3.60. The second-order valence-electron chi connectivity index (χ2n) is 6.89. The van der Waals surface area contributed by atoms with Gasteiger partial charge >= 0.3 is 12.0 Å². The van der Waals surface area contributed by atoms with Crippen LogP contribution in [0.25, 0.3) is 0 Å². The summed E-state index contributed by atoms with van der Waals surface area (Å²) in [6.45, 7) is 2.66. The number of carbonyl (C=O) groups excluding carboxylic acids is 2. The van der Waals surface area contributed by atoms with Gasteiger partial charge in [0.25, 0.3) is 0 Å². The molecule has 0 aliphatic carbocycles. The van der Waals surface area contributed by atoms with Crippen LogP contribution in [-0.4, -0.2) is 24.4 Å². The van der Waals surface area contributed by atoms with Crippen LogP contribution >= 0.6 is 11.6 Å². The van der Waals surface area contributed by atoms with Gasteiger partial charge in [-0.3, -0.25) is 0 Å². The van der Waals surface area contributed by atoms with E-state index in [9.17, 15) is 9.59 Å². The molecule has 0 saturated carbocycles. The Bertz CT molecular complexity index is 1160. The normalized spacial score (nSPS) is 13.7. The van der Waals surface area contributed by atoms with Gasteiger partial charge in [0.05, 0.1) is 18.7 Å². The third-order valence-electron chi connectivity index (χ3n) is 4.82. The monoisotopic (exact) mass is 433 g/mol. The number of benzene rings is 3. The quantitative estimate of drug-likeness (QED) is 0.550. The summed E-state index contributed by atoms with van der Waals surface area (Å²) in [6.07, 6.45) is 0. The number of amides is 2. The molecule has 0 aromatic heterocycles. The van der Waals surface area contributed by atoms with E-state index < -0.39 is 6.03 Å². The maximum Gasteiger partial charge on any atom is 0.347 e. The molecule has 1 heterocycles. The molecule has 31 heavy (non-hydrogen) atoms. The molecule has 6 nitrogen and oxygen atoms in total. The number of carbonyl (C=O) groups is 2. The van der Waals surface area contributed by atoms with Gasteiger partial charge < -0.3 is 15.0 Å². The molecule has 0 bridgehead atoms. The summed E-state index contributed by atoms with van der Waals surface area (Å²) in [6, 6.07) is 21.3.